The van der Waals surface area contributed by atoms with E-state index in [9.17, 15) is 8.42 Å². The minimum atomic E-state index is -3.48. The van der Waals surface area contributed by atoms with Gasteiger partial charge in [-0.3, -0.25) is 0 Å². The van der Waals surface area contributed by atoms with Gasteiger partial charge in [-0.2, -0.15) is 12.7 Å². The van der Waals surface area contributed by atoms with Crippen molar-refractivity contribution in [2.45, 2.75) is 13.0 Å². The molecule has 0 bridgehead atoms. The first-order valence-electron chi connectivity index (χ1n) is 3.56. The van der Waals surface area contributed by atoms with Crippen LogP contribution in [0.15, 0.2) is 0 Å². The lowest BCUT2D eigenvalue weighted by Crippen LogP contribution is -2.59. The van der Waals surface area contributed by atoms with E-state index in [2.05, 4.69) is 5.32 Å². The smallest absolute Gasteiger partial charge is 0.277 e. The first kappa shape index (κ1) is 8.92. The molecule has 5 nitrogen and oxygen atoms in total. The van der Waals surface area contributed by atoms with Gasteiger partial charge in [0.25, 0.3) is 10.2 Å². The van der Waals surface area contributed by atoms with Crippen LogP contribution >= 0.6 is 0 Å². The maximum absolute atomic E-state index is 10.9. The number of likely N-dealkylation sites (N-methyl/N-ethyl adjacent to an activating group) is 1. The molecular formula is C5H13N3O2S. The maximum atomic E-state index is 10.9. The van der Waals surface area contributed by atoms with Crippen LogP contribution in [0.2, 0.25) is 0 Å². The summed E-state index contributed by atoms with van der Waals surface area (Å²) in [6, 6.07) is 0.0648. The summed E-state index contributed by atoms with van der Waals surface area (Å²) in [4.78, 5) is 0. The SMILES string of the molecule is CCN(C1CNC1)S(N)(=O)=O. The Morgan fingerprint density at radius 2 is 2.18 bits per heavy atom. The molecule has 0 aliphatic carbocycles. The second-order valence-electron chi connectivity index (χ2n) is 2.56. The van der Waals surface area contributed by atoms with Crippen molar-refractivity contribution in [1.82, 2.24) is 9.62 Å². The molecule has 1 aliphatic rings. The number of hydrogen-bond donors (Lipinski definition) is 2. The molecule has 1 fully saturated rings. The van der Waals surface area contributed by atoms with Gasteiger partial charge in [0, 0.05) is 19.6 Å². The zero-order valence-electron chi connectivity index (χ0n) is 6.45. The van der Waals surface area contributed by atoms with E-state index in [0.717, 1.165) is 0 Å². The molecule has 6 heteroatoms. The fourth-order valence-electron chi connectivity index (χ4n) is 1.12. The van der Waals surface area contributed by atoms with Gasteiger partial charge >= 0.3 is 0 Å². The molecule has 0 unspecified atom stereocenters. The highest BCUT2D eigenvalue weighted by Gasteiger charge is 2.29. The van der Waals surface area contributed by atoms with Crippen LogP contribution in [0.3, 0.4) is 0 Å². The van der Waals surface area contributed by atoms with Crippen molar-refractivity contribution in [3.63, 3.8) is 0 Å². The molecule has 1 heterocycles. The van der Waals surface area contributed by atoms with Crippen LogP contribution in [0.4, 0.5) is 0 Å². The normalized spacial score (nSPS) is 20.3. The topological polar surface area (TPSA) is 75.4 Å². The summed E-state index contributed by atoms with van der Waals surface area (Å²) < 4.78 is 23.1. The summed E-state index contributed by atoms with van der Waals surface area (Å²) in [6.45, 7) is 3.66. The minimum absolute atomic E-state index is 0.0648. The summed E-state index contributed by atoms with van der Waals surface area (Å²) in [7, 11) is -3.48. The number of nitrogens with zero attached hydrogens (tertiary/aromatic N) is 1. The molecule has 0 spiro atoms. The molecular weight excluding hydrogens is 166 g/mol. The molecule has 1 aliphatic heterocycles. The number of nitrogens with one attached hydrogen (secondary N) is 1. The Bertz CT molecular complexity index is 222. The lowest BCUT2D eigenvalue weighted by Gasteiger charge is -2.35. The fourth-order valence-corrected chi connectivity index (χ4v) is 2.05. The lowest BCUT2D eigenvalue weighted by atomic mass is 10.2. The van der Waals surface area contributed by atoms with Gasteiger partial charge in [0.1, 0.15) is 0 Å². The Kier molecular flexibility index (Phi) is 2.48. The van der Waals surface area contributed by atoms with Gasteiger partial charge < -0.3 is 5.32 Å². The molecule has 0 amide bonds. The Hall–Kier alpha value is -0.170. The van der Waals surface area contributed by atoms with Crippen molar-refractivity contribution in [2.75, 3.05) is 19.6 Å². The highest BCUT2D eigenvalue weighted by molar-refractivity contribution is 7.86. The second-order valence-corrected chi connectivity index (χ2v) is 4.06. The van der Waals surface area contributed by atoms with E-state index in [4.69, 9.17) is 5.14 Å². The van der Waals surface area contributed by atoms with Gasteiger partial charge in [0.05, 0.1) is 6.04 Å². The van der Waals surface area contributed by atoms with Crippen molar-refractivity contribution in [3.05, 3.63) is 0 Å². The summed E-state index contributed by atoms with van der Waals surface area (Å²) in [5.41, 5.74) is 0. The van der Waals surface area contributed by atoms with Crippen LogP contribution in [-0.4, -0.2) is 38.4 Å². The van der Waals surface area contributed by atoms with Gasteiger partial charge in [-0.25, -0.2) is 5.14 Å². The van der Waals surface area contributed by atoms with Gasteiger partial charge in [-0.15, -0.1) is 0 Å². The zero-order chi connectivity index (χ0) is 8.48. The molecule has 0 aromatic rings. The number of nitrogens with two attached hydrogens (primary N) is 1. The Labute approximate surface area is 66.7 Å². The molecule has 0 aromatic carbocycles. The summed E-state index contributed by atoms with van der Waals surface area (Å²) in [6.07, 6.45) is 0. The van der Waals surface area contributed by atoms with E-state index in [-0.39, 0.29) is 6.04 Å². The van der Waals surface area contributed by atoms with E-state index in [1.165, 1.54) is 4.31 Å². The Balaban J connectivity index is 2.63. The first-order chi connectivity index (χ1) is 5.05. The molecule has 0 radical (unpaired) electrons. The zero-order valence-corrected chi connectivity index (χ0v) is 7.26. The van der Waals surface area contributed by atoms with E-state index in [1.54, 1.807) is 6.92 Å². The molecule has 0 aromatic heterocycles. The van der Waals surface area contributed by atoms with Gasteiger partial charge in [0.2, 0.25) is 0 Å². The van der Waals surface area contributed by atoms with Gasteiger partial charge in [-0.05, 0) is 0 Å². The van der Waals surface area contributed by atoms with Crippen molar-refractivity contribution in [3.8, 4) is 0 Å². The van der Waals surface area contributed by atoms with E-state index < -0.39 is 10.2 Å². The van der Waals surface area contributed by atoms with Crippen molar-refractivity contribution >= 4 is 10.2 Å². The molecule has 11 heavy (non-hydrogen) atoms. The van der Waals surface area contributed by atoms with Crippen molar-refractivity contribution in [1.29, 1.82) is 0 Å². The highest BCUT2D eigenvalue weighted by atomic mass is 32.2. The van der Waals surface area contributed by atoms with Gasteiger partial charge in [0.15, 0.2) is 0 Å². The highest BCUT2D eigenvalue weighted by Crippen LogP contribution is 2.06. The third-order valence-electron chi connectivity index (χ3n) is 1.81. The predicted molar refractivity (Wildman–Crippen MR) is 42.1 cm³/mol. The quantitative estimate of drug-likeness (QED) is 0.552. The van der Waals surface area contributed by atoms with Gasteiger partial charge in [-0.1, -0.05) is 6.92 Å². The Morgan fingerprint density at radius 1 is 1.64 bits per heavy atom. The molecule has 1 saturated heterocycles. The minimum Gasteiger partial charge on any atom is -0.313 e. The van der Waals surface area contributed by atoms with Crippen LogP contribution < -0.4 is 10.5 Å². The summed E-state index contributed by atoms with van der Waals surface area (Å²) in [5, 5.41) is 7.96. The molecule has 0 atom stereocenters. The molecule has 66 valence electrons. The average molecular weight is 179 g/mol. The third-order valence-corrected chi connectivity index (χ3v) is 3.02. The van der Waals surface area contributed by atoms with Crippen molar-refractivity contribution in [2.24, 2.45) is 5.14 Å². The first-order valence-corrected chi connectivity index (χ1v) is 5.06. The second kappa shape index (κ2) is 3.06. The van der Waals surface area contributed by atoms with Crippen LogP contribution in [0.1, 0.15) is 6.92 Å². The van der Waals surface area contributed by atoms with Crippen LogP contribution in [0.5, 0.6) is 0 Å². The van der Waals surface area contributed by atoms with E-state index in [0.29, 0.717) is 19.6 Å². The van der Waals surface area contributed by atoms with E-state index >= 15 is 0 Å². The molecule has 1 rings (SSSR count). The molecule has 3 N–H and O–H groups in total. The average Bonchev–Trinajstić information content (AvgIpc) is 1.74. The number of hydrogen-bond acceptors (Lipinski definition) is 3. The fraction of sp³-hybridized carbons (Fsp3) is 1.00. The third kappa shape index (κ3) is 1.90. The van der Waals surface area contributed by atoms with Crippen LogP contribution in [0.25, 0.3) is 0 Å². The Morgan fingerprint density at radius 3 is 2.27 bits per heavy atom. The van der Waals surface area contributed by atoms with E-state index in [1.807, 2.05) is 0 Å². The van der Waals surface area contributed by atoms with Crippen molar-refractivity contribution < 1.29 is 8.42 Å². The van der Waals surface area contributed by atoms with Crippen LogP contribution in [-0.2, 0) is 10.2 Å². The summed E-state index contributed by atoms with van der Waals surface area (Å²) in [5.74, 6) is 0. The van der Waals surface area contributed by atoms with Crippen LogP contribution in [0, 0.1) is 0 Å². The number of rotatable bonds is 3. The maximum Gasteiger partial charge on any atom is 0.277 e. The lowest BCUT2D eigenvalue weighted by molar-refractivity contribution is 0.250. The molecule has 0 saturated carbocycles. The summed E-state index contributed by atoms with van der Waals surface area (Å²) >= 11 is 0. The predicted octanol–water partition coefficient (Wildman–Crippen LogP) is -1.52. The monoisotopic (exact) mass is 179 g/mol. The standard InChI is InChI=1S/C5H13N3O2S/c1-2-8(11(6,9)10)5-3-7-4-5/h5,7H,2-4H2,1H3,(H2,6,9,10). The largest absolute Gasteiger partial charge is 0.313 e.